The van der Waals surface area contributed by atoms with E-state index in [-0.39, 0.29) is 5.91 Å². The molecule has 1 aromatic carbocycles. The van der Waals surface area contributed by atoms with Crippen LogP contribution in [0.4, 0.5) is 5.82 Å². The van der Waals surface area contributed by atoms with Crippen LogP contribution in [0.15, 0.2) is 51.7 Å². The molecule has 0 aliphatic heterocycles. The fourth-order valence-electron chi connectivity index (χ4n) is 1.99. The summed E-state index contributed by atoms with van der Waals surface area (Å²) in [6, 6.07) is 9.02. The van der Waals surface area contributed by atoms with Crippen molar-refractivity contribution in [2.75, 3.05) is 5.32 Å². The van der Waals surface area contributed by atoms with E-state index in [1.807, 2.05) is 23.0 Å². The molecule has 0 saturated heterocycles. The lowest BCUT2D eigenvalue weighted by molar-refractivity contribution is 0.102. The first-order chi connectivity index (χ1) is 10.6. The van der Waals surface area contributed by atoms with E-state index in [1.54, 1.807) is 31.3 Å². The summed E-state index contributed by atoms with van der Waals surface area (Å²) in [4.78, 5) is 12.1. The van der Waals surface area contributed by atoms with Crippen molar-refractivity contribution in [1.29, 1.82) is 0 Å². The van der Waals surface area contributed by atoms with Crippen LogP contribution in [0.1, 0.15) is 21.7 Å². The molecule has 0 unspecified atom stereocenters. The third kappa shape index (κ3) is 3.43. The first kappa shape index (κ1) is 14.5. The number of carbonyl (C=O) groups excluding carboxylic acids is 1. The molecule has 1 N–H and O–H groups in total. The fourth-order valence-corrected chi connectivity index (χ4v) is 2.32. The molecular formula is C15H13BrN4O2. The van der Waals surface area contributed by atoms with Gasteiger partial charge in [-0.2, -0.15) is 5.10 Å². The highest BCUT2D eigenvalue weighted by molar-refractivity contribution is 9.10. The summed E-state index contributed by atoms with van der Waals surface area (Å²) in [5.74, 6) is 0.839. The lowest BCUT2D eigenvalue weighted by Gasteiger charge is -2.04. The molecule has 0 saturated carbocycles. The summed E-state index contributed by atoms with van der Waals surface area (Å²) in [6.07, 6.45) is 3.63. The van der Waals surface area contributed by atoms with Gasteiger partial charge in [-0.15, -0.1) is 0 Å². The smallest absolute Gasteiger partial charge is 0.256 e. The molecule has 2 aromatic heterocycles. The summed E-state index contributed by atoms with van der Waals surface area (Å²) >= 11 is 3.36. The zero-order valence-corrected chi connectivity index (χ0v) is 13.4. The Labute approximate surface area is 135 Å². The average molecular weight is 361 g/mol. The minimum Gasteiger partial charge on any atom is -0.360 e. The maximum Gasteiger partial charge on any atom is 0.256 e. The van der Waals surface area contributed by atoms with E-state index in [1.165, 1.54) is 0 Å². The first-order valence-electron chi connectivity index (χ1n) is 6.62. The number of carbonyl (C=O) groups is 1. The van der Waals surface area contributed by atoms with Crippen molar-refractivity contribution in [2.45, 2.75) is 13.5 Å². The van der Waals surface area contributed by atoms with Crippen molar-refractivity contribution < 1.29 is 9.32 Å². The molecule has 0 radical (unpaired) electrons. The van der Waals surface area contributed by atoms with Gasteiger partial charge in [0, 0.05) is 17.8 Å². The lowest BCUT2D eigenvalue weighted by atomic mass is 10.1. The van der Waals surface area contributed by atoms with Crippen LogP contribution < -0.4 is 5.32 Å². The van der Waals surface area contributed by atoms with Crippen LogP contribution in [-0.2, 0) is 6.54 Å². The Kier molecular flexibility index (Phi) is 4.06. The van der Waals surface area contributed by atoms with Crippen molar-refractivity contribution in [3.05, 3.63) is 64.1 Å². The fraction of sp³-hybridized carbons (Fsp3) is 0.133. The molecule has 7 heteroatoms. The van der Waals surface area contributed by atoms with Crippen LogP contribution in [0.2, 0.25) is 0 Å². The summed E-state index contributed by atoms with van der Waals surface area (Å²) in [7, 11) is 0. The van der Waals surface area contributed by atoms with Crippen molar-refractivity contribution in [2.24, 2.45) is 0 Å². The van der Waals surface area contributed by atoms with E-state index < -0.39 is 0 Å². The first-order valence-corrected chi connectivity index (χ1v) is 7.41. The molecule has 6 nitrogen and oxygen atoms in total. The quantitative estimate of drug-likeness (QED) is 0.774. The van der Waals surface area contributed by atoms with E-state index >= 15 is 0 Å². The zero-order valence-electron chi connectivity index (χ0n) is 11.8. The predicted octanol–water partition coefficient (Wildman–Crippen LogP) is 3.24. The van der Waals surface area contributed by atoms with E-state index in [9.17, 15) is 4.79 Å². The second-order valence-electron chi connectivity index (χ2n) is 4.83. The Morgan fingerprint density at radius 1 is 1.36 bits per heavy atom. The van der Waals surface area contributed by atoms with Gasteiger partial charge in [0.1, 0.15) is 5.76 Å². The summed E-state index contributed by atoms with van der Waals surface area (Å²) in [5, 5.41) is 10.6. The molecule has 112 valence electrons. The molecule has 2 heterocycles. The van der Waals surface area contributed by atoms with Gasteiger partial charge in [0.2, 0.25) is 0 Å². The molecule has 0 aliphatic rings. The molecule has 0 fully saturated rings. The van der Waals surface area contributed by atoms with Crippen LogP contribution in [0.3, 0.4) is 0 Å². The Balaban J connectivity index is 1.66. The second-order valence-corrected chi connectivity index (χ2v) is 5.75. The number of rotatable bonds is 4. The van der Waals surface area contributed by atoms with Crippen LogP contribution in [0.5, 0.6) is 0 Å². The average Bonchev–Trinajstić information content (AvgIpc) is 3.08. The Morgan fingerprint density at radius 2 is 2.14 bits per heavy atom. The number of aryl methyl sites for hydroxylation is 1. The highest BCUT2D eigenvalue weighted by Crippen LogP contribution is 2.12. The molecule has 3 aromatic rings. The third-order valence-electron chi connectivity index (χ3n) is 3.03. The van der Waals surface area contributed by atoms with Crippen LogP contribution in [0.25, 0.3) is 0 Å². The number of benzene rings is 1. The Morgan fingerprint density at radius 3 is 2.73 bits per heavy atom. The summed E-state index contributed by atoms with van der Waals surface area (Å²) in [6.45, 7) is 2.42. The topological polar surface area (TPSA) is 73.0 Å². The van der Waals surface area contributed by atoms with Crippen LogP contribution >= 0.6 is 15.9 Å². The number of halogens is 1. The van der Waals surface area contributed by atoms with Crippen molar-refractivity contribution in [3.63, 3.8) is 0 Å². The van der Waals surface area contributed by atoms with Crippen molar-refractivity contribution in [3.8, 4) is 0 Å². The minimum atomic E-state index is -0.221. The van der Waals surface area contributed by atoms with E-state index in [0.717, 1.165) is 10.0 Å². The van der Waals surface area contributed by atoms with Crippen molar-refractivity contribution >= 4 is 27.7 Å². The molecule has 0 aliphatic carbocycles. The number of hydrogen-bond acceptors (Lipinski definition) is 4. The van der Waals surface area contributed by atoms with E-state index in [0.29, 0.717) is 23.7 Å². The van der Waals surface area contributed by atoms with E-state index in [2.05, 4.69) is 31.5 Å². The Bertz CT molecular complexity index is 792. The SMILES string of the molecule is Cc1cc(NC(=O)c2ccc(Cn3cc(Br)cn3)cc2)no1. The summed E-state index contributed by atoms with van der Waals surface area (Å²) in [5.41, 5.74) is 1.62. The van der Waals surface area contributed by atoms with Gasteiger partial charge in [-0.1, -0.05) is 17.3 Å². The minimum absolute atomic E-state index is 0.221. The maximum atomic E-state index is 12.1. The van der Waals surface area contributed by atoms with Gasteiger partial charge in [-0.3, -0.25) is 9.48 Å². The number of amides is 1. The predicted molar refractivity (Wildman–Crippen MR) is 84.7 cm³/mol. The molecule has 0 atom stereocenters. The number of nitrogens with zero attached hydrogens (tertiary/aromatic N) is 3. The lowest BCUT2D eigenvalue weighted by Crippen LogP contribution is -2.12. The highest BCUT2D eigenvalue weighted by atomic mass is 79.9. The molecule has 0 spiro atoms. The van der Waals surface area contributed by atoms with Gasteiger partial charge in [-0.05, 0) is 40.5 Å². The molecule has 0 bridgehead atoms. The molecule has 1 amide bonds. The van der Waals surface area contributed by atoms with Crippen LogP contribution in [-0.4, -0.2) is 20.8 Å². The molecule has 3 rings (SSSR count). The number of aromatic nitrogens is 3. The monoisotopic (exact) mass is 360 g/mol. The third-order valence-corrected chi connectivity index (χ3v) is 3.44. The van der Waals surface area contributed by atoms with Gasteiger partial charge in [-0.25, -0.2) is 0 Å². The highest BCUT2D eigenvalue weighted by Gasteiger charge is 2.09. The van der Waals surface area contributed by atoms with Gasteiger partial charge < -0.3 is 9.84 Å². The van der Waals surface area contributed by atoms with Gasteiger partial charge in [0.25, 0.3) is 5.91 Å². The molecular weight excluding hydrogens is 348 g/mol. The van der Waals surface area contributed by atoms with Crippen LogP contribution in [0, 0.1) is 6.92 Å². The van der Waals surface area contributed by atoms with Gasteiger partial charge in [0.05, 0.1) is 17.2 Å². The van der Waals surface area contributed by atoms with Crippen molar-refractivity contribution in [1.82, 2.24) is 14.9 Å². The largest absolute Gasteiger partial charge is 0.360 e. The number of anilines is 1. The van der Waals surface area contributed by atoms with Gasteiger partial charge in [0.15, 0.2) is 5.82 Å². The van der Waals surface area contributed by atoms with E-state index in [4.69, 9.17) is 4.52 Å². The number of hydrogen-bond donors (Lipinski definition) is 1. The number of nitrogens with one attached hydrogen (secondary N) is 1. The standard InChI is InChI=1S/C15H13BrN4O2/c1-10-6-14(19-22-10)18-15(21)12-4-2-11(3-5-12)8-20-9-13(16)7-17-20/h2-7,9H,8H2,1H3,(H,18,19,21). The zero-order chi connectivity index (χ0) is 15.5. The maximum absolute atomic E-state index is 12.1. The normalized spacial score (nSPS) is 10.6. The van der Waals surface area contributed by atoms with Gasteiger partial charge >= 0.3 is 0 Å². The Hall–Kier alpha value is -2.41. The second kappa shape index (κ2) is 6.15. The molecule has 22 heavy (non-hydrogen) atoms. The summed E-state index contributed by atoms with van der Waals surface area (Å²) < 4.78 is 7.66.